The summed E-state index contributed by atoms with van der Waals surface area (Å²) in [5, 5.41) is 8.22. The first-order valence-corrected chi connectivity index (χ1v) is 7.20. The predicted molar refractivity (Wildman–Crippen MR) is 83.6 cm³/mol. The minimum atomic E-state index is 0.349. The van der Waals surface area contributed by atoms with Crippen molar-refractivity contribution >= 4 is 23.1 Å². The van der Waals surface area contributed by atoms with Gasteiger partial charge in [-0.15, -0.1) is 0 Å². The number of hydrogen-bond acceptors (Lipinski definition) is 4. The molecule has 5 nitrogen and oxygen atoms in total. The normalized spacial score (nSPS) is 11.2. The molecule has 0 aliphatic rings. The van der Waals surface area contributed by atoms with Crippen molar-refractivity contribution in [3.8, 4) is 0 Å². The van der Waals surface area contributed by atoms with Gasteiger partial charge in [0, 0.05) is 30.6 Å². The standard InChI is InChI=1S/C15H16ClN5/c1-10(2)12-9-19-21-14(7-13(16)20-15(12)21)18-8-11-3-5-17-6-4-11/h3-7,9-10,18H,8H2,1-2H3. The van der Waals surface area contributed by atoms with Crippen LogP contribution in [-0.2, 0) is 6.54 Å². The van der Waals surface area contributed by atoms with Gasteiger partial charge in [0.25, 0.3) is 0 Å². The van der Waals surface area contributed by atoms with Gasteiger partial charge in [0.15, 0.2) is 5.65 Å². The summed E-state index contributed by atoms with van der Waals surface area (Å²) >= 11 is 6.14. The summed E-state index contributed by atoms with van der Waals surface area (Å²) in [4.78, 5) is 8.40. The smallest absolute Gasteiger partial charge is 0.162 e. The molecule has 0 amide bonds. The van der Waals surface area contributed by atoms with Crippen molar-refractivity contribution in [1.82, 2.24) is 19.6 Å². The second kappa shape index (κ2) is 5.69. The van der Waals surface area contributed by atoms with E-state index in [1.165, 1.54) is 0 Å². The van der Waals surface area contributed by atoms with Gasteiger partial charge in [0.2, 0.25) is 0 Å². The molecule has 0 saturated carbocycles. The molecule has 6 heteroatoms. The Bertz CT molecular complexity index is 751. The Morgan fingerprint density at radius 1 is 1.29 bits per heavy atom. The van der Waals surface area contributed by atoms with Crippen molar-refractivity contribution in [2.45, 2.75) is 26.3 Å². The molecule has 0 saturated heterocycles. The molecule has 108 valence electrons. The largest absolute Gasteiger partial charge is 0.366 e. The van der Waals surface area contributed by atoms with Gasteiger partial charge in [-0.1, -0.05) is 25.4 Å². The molecule has 1 N–H and O–H groups in total. The van der Waals surface area contributed by atoms with Crippen LogP contribution in [0, 0.1) is 0 Å². The molecule has 3 rings (SSSR count). The molecule has 3 heterocycles. The monoisotopic (exact) mass is 301 g/mol. The predicted octanol–water partition coefficient (Wildman–Crippen LogP) is 3.51. The van der Waals surface area contributed by atoms with Gasteiger partial charge in [-0.25, -0.2) is 4.98 Å². The van der Waals surface area contributed by atoms with E-state index in [4.69, 9.17) is 11.6 Å². The van der Waals surface area contributed by atoms with Crippen LogP contribution < -0.4 is 5.32 Å². The summed E-state index contributed by atoms with van der Waals surface area (Å²) in [6.45, 7) is 4.90. The number of anilines is 1. The van der Waals surface area contributed by atoms with Crippen molar-refractivity contribution in [2.75, 3.05) is 5.32 Å². The highest BCUT2D eigenvalue weighted by Gasteiger charge is 2.13. The number of halogens is 1. The molecule has 0 fully saturated rings. The Balaban J connectivity index is 1.95. The summed E-state index contributed by atoms with van der Waals surface area (Å²) < 4.78 is 1.79. The van der Waals surface area contributed by atoms with Crippen LogP contribution in [0.2, 0.25) is 5.15 Å². The molecule has 0 radical (unpaired) electrons. The van der Waals surface area contributed by atoms with Gasteiger partial charge < -0.3 is 5.32 Å². The molecule has 0 unspecified atom stereocenters. The van der Waals surface area contributed by atoms with Gasteiger partial charge in [-0.3, -0.25) is 4.98 Å². The van der Waals surface area contributed by atoms with Crippen LogP contribution in [-0.4, -0.2) is 19.6 Å². The van der Waals surface area contributed by atoms with Gasteiger partial charge in [-0.05, 0) is 23.6 Å². The third kappa shape index (κ3) is 2.83. The van der Waals surface area contributed by atoms with Crippen LogP contribution in [0.1, 0.15) is 30.9 Å². The second-order valence-corrected chi connectivity index (χ2v) is 5.55. The zero-order valence-corrected chi connectivity index (χ0v) is 12.7. The molecule has 0 bridgehead atoms. The lowest BCUT2D eigenvalue weighted by molar-refractivity contribution is 0.871. The van der Waals surface area contributed by atoms with Crippen LogP contribution in [0.25, 0.3) is 5.65 Å². The van der Waals surface area contributed by atoms with E-state index in [9.17, 15) is 0 Å². The summed E-state index contributed by atoms with van der Waals surface area (Å²) in [6.07, 6.45) is 5.40. The first-order chi connectivity index (χ1) is 10.1. The Morgan fingerprint density at radius 3 is 2.76 bits per heavy atom. The van der Waals surface area contributed by atoms with Gasteiger partial charge in [-0.2, -0.15) is 9.61 Å². The van der Waals surface area contributed by atoms with Gasteiger partial charge in [0.05, 0.1) is 6.20 Å². The van der Waals surface area contributed by atoms with Crippen LogP contribution in [0.3, 0.4) is 0 Å². The lowest BCUT2D eigenvalue weighted by Gasteiger charge is -2.09. The molecule has 0 spiro atoms. The topological polar surface area (TPSA) is 55.1 Å². The average molecular weight is 302 g/mol. The molecule has 3 aromatic rings. The lowest BCUT2D eigenvalue weighted by atomic mass is 10.1. The van der Waals surface area contributed by atoms with E-state index in [-0.39, 0.29) is 0 Å². The average Bonchev–Trinajstić information content (AvgIpc) is 2.89. The summed E-state index contributed by atoms with van der Waals surface area (Å²) in [5.41, 5.74) is 3.03. The number of nitrogens with one attached hydrogen (secondary N) is 1. The maximum Gasteiger partial charge on any atom is 0.162 e. The fourth-order valence-corrected chi connectivity index (χ4v) is 2.36. The van der Waals surface area contributed by atoms with Crippen molar-refractivity contribution in [2.24, 2.45) is 0 Å². The fourth-order valence-electron chi connectivity index (χ4n) is 2.18. The summed E-state index contributed by atoms with van der Waals surface area (Å²) in [7, 11) is 0. The number of pyridine rings is 1. The SMILES string of the molecule is CC(C)c1cnn2c(NCc3ccncc3)cc(Cl)nc12. The zero-order valence-electron chi connectivity index (χ0n) is 11.9. The number of fused-ring (bicyclic) bond motifs is 1. The highest BCUT2D eigenvalue weighted by molar-refractivity contribution is 6.29. The quantitative estimate of drug-likeness (QED) is 0.749. The minimum absolute atomic E-state index is 0.349. The molecule has 0 aromatic carbocycles. The van der Waals surface area contributed by atoms with Gasteiger partial charge >= 0.3 is 0 Å². The molecular weight excluding hydrogens is 286 g/mol. The Labute approximate surface area is 128 Å². The van der Waals surface area contributed by atoms with Gasteiger partial charge in [0.1, 0.15) is 11.0 Å². The van der Waals surface area contributed by atoms with E-state index in [1.54, 1.807) is 23.0 Å². The van der Waals surface area contributed by atoms with E-state index in [1.807, 2.05) is 18.3 Å². The maximum absolute atomic E-state index is 6.14. The van der Waals surface area contributed by atoms with Crippen LogP contribution in [0.15, 0.2) is 36.8 Å². The first-order valence-electron chi connectivity index (χ1n) is 6.82. The fraction of sp³-hybridized carbons (Fsp3) is 0.267. The van der Waals surface area contributed by atoms with E-state index < -0.39 is 0 Å². The third-order valence-electron chi connectivity index (χ3n) is 3.31. The molecule has 21 heavy (non-hydrogen) atoms. The Hall–Kier alpha value is -2.14. The molecule has 0 aliphatic heterocycles. The minimum Gasteiger partial charge on any atom is -0.366 e. The van der Waals surface area contributed by atoms with E-state index >= 15 is 0 Å². The maximum atomic E-state index is 6.14. The summed E-state index contributed by atoms with van der Waals surface area (Å²) in [5.74, 6) is 1.18. The number of hydrogen-bond donors (Lipinski definition) is 1. The number of rotatable bonds is 4. The highest BCUT2D eigenvalue weighted by atomic mass is 35.5. The van der Waals surface area contributed by atoms with Crippen molar-refractivity contribution in [3.05, 3.63) is 53.1 Å². The van der Waals surface area contributed by atoms with E-state index in [2.05, 4.69) is 34.2 Å². The molecular formula is C15H16ClN5. The second-order valence-electron chi connectivity index (χ2n) is 5.16. The molecule has 3 aromatic heterocycles. The summed E-state index contributed by atoms with van der Waals surface area (Å²) in [6, 6.07) is 5.72. The van der Waals surface area contributed by atoms with Crippen LogP contribution in [0.4, 0.5) is 5.82 Å². The first kappa shape index (κ1) is 13.8. The third-order valence-corrected chi connectivity index (χ3v) is 3.51. The van der Waals surface area contributed by atoms with Crippen molar-refractivity contribution < 1.29 is 0 Å². The molecule has 0 aliphatic carbocycles. The zero-order chi connectivity index (χ0) is 14.8. The number of aromatic nitrogens is 4. The van der Waals surface area contributed by atoms with Crippen molar-refractivity contribution in [1.29, 1.82) is 0 Å². The van der Waals surface area contributed by atoms with E-state index in [0.29, 0.717) is 17.6 Å². The molecule has 0 atom stereocenters. The van der Waals surface area contributed by atoms with E-state index in [0.717, 1.165) is 22.6 Å². The lowest BCUT2D eigenvalue weighted by Crippen LogP contribution is -2.06. The Kier molecular flexibility index (Phi) is 3.75. The number of nitrogens with zero attached hydrogens (tertiary/aromatic N) is 4. The van der Waals surface area contributed by atoms with Crippen molar-refractivity contribution in [3.63, 3.8) is 0 Å². The van der Waals surface area contributed by atoms with Crippen LogP contribution >= 0.6 is 11.6 Å². The van der Waals surface area contributed by atoms with Crippen LogP contribution in [0.5, 0.6) is 0 Å². The Morgan fingerprint density at radius 2 is 2.05 bits per heavy atom. The highest BCUT2D eigenvalue weighted by Crippen LogP contribution is 2.24.